The van der Waals surface area contributed by atoms with Crippen molar-refractivity contribution in [3.05, 3.63) is 51.8 Å². The molecule has 3 nitrogen and oxygen atoms in total. The molecule has 1 heterocycles. The molecule has 0 saturated heterocycles. The van der Waals surface area contributed by atoms with Gasteiger partial charge in [-0.3, -0.25) is 4.68 Å². The predicted molar refractivity (Wildman–Crippen MR) is 82.3 cm³/mol. The summed E-state index contributed by atoms with van der Waals surface area (Å²) in [5.41, 5.74) is 9.50. The Hall–Kier alpha value is -1.13. The van der Waals surface area contributed by atoms with Gasteiger partial charge in [0.1, 0.15) is 0 Å². The standard InChI is InChI=1S/C15H20BrN3/c1-10(2)14-8-15(19(3)18-14)13(9-17)11-4-6-12(16)7-5-11/h4-8,10,13H,9,17H2,1-3H3. The van der Waals surface area contributed by atoms with Crippen molar-refractivity contribution < 1.29 is 0 Å². The zero-order valence-corrected chi connectivity index (χ0v) is 13.2. The van der Waals surface area contributed by atoms with Crippen LogP contribution in [0.25, 0.3) is 0 Å². The fourth-order valence-corrected chi connectivity index (χ4v) is 2.50. The first kappa shape index (κ1) is 14.3. The molecule has 0 bridgehead atoms. The van der Waals surface area contributed by atoms with Crippen molar-refractivity contribution in [3.8, 4) is 0 Å². The Morgan fingerprint density at radius 3 is 2.37 bits per heavy atom. The van der Waals surface area contributed by atoms with Gasteiger partial charge < -0.3 is 5.73 Å². The number of nitrogens with two attached hydrogens (primary N) is 1. The highest BCUT2D eigenvalue weighted by molar-refractivity contribution is 9.10. The smallest absolute Gasteiger partial charge is 0.0653 e. The summed E-state index contributed by atoms with van der Waals surface area (Å²) in [5.74, 6) is 0.626. The van der Waals surface area contributed by atoms with Crippen LogP contribution in [-0.2, 0) is 7.05 Å². The Labute approximate surface area is 122 Å². The molecule has 0 aliphatic carbocycles. The van der Waals surface area contributed by atoms with Crippen LogP contribution in [0.4, 0.5) is 0 Å². The van der Waals surface area contributed by atoms with E-state index < -0.39 is 0 Å². The van der Waals surface area contributed by atoms with Crippen molar-refractivity contribution in [3.63, 3.8) is 0 Å². The summed E-state index contributed by atoms with van der Waals surface area (Å²) in [7, 11) is 1.99. The van der Waals surface area contributed by atoms with Gasteiger partial charge in [0.15, 0.2) is 0 Å². The van der Waals surface area contributed by atoms with Gasteiger partial charge in [-0.2, -0.15) is 5.10 Å². The van der Waals surface area contributed by atoms with E-state index in [0.29, 0.717) is 12.5 Å². The number of nitrogens with zero attached hydrogens (tertiary/aromatic N) is 2. The molecule has 1 atom stereocenters. The molecule has 0 spiro atoms. The van der Waals surface area contributed by atoms with Gasteiger partial charge in [-0.15, -0.1) is 0 Å². The van der Waals surface area contributed by atoms with Crippen LogP contribution in [0.1, 0.15) is 42.6 Å². The SMILES string of the molecule is CC(C)c1cc(C(CN)c2ccc(Br)cc2)n(C)n1. The van der Waals surface area contributed by atoms with Crippen molar-refractivity contribution in [1.29, 1.82) is 0 Å². The maximum atomic E-state index is 5.98. The van der Waals surface area contributed by atoms with Crippen LogP contribution in [0.3, 0.4) is 0 Å². The van der Waals surface area contributed by atoms with Crippen LogP contribution in [-0.4, -0.2) is 16.3 Å². The second kappa shape index (κ2) is 5.88. The minimum Gasteiger partial charge on any atom is -0.329 e. The minimum atomic E-state index is 0.193. The van der Waals surface area contributed by atoms with Crippen LogP contribution < -0.4 is 5.73 Å². The Kier molecular flexibility index (Phi) is 4.42. The molecule has 0 aliphatic heterocycles. The first-order valence-corrected chi connectivity index (χ1v) is 7.31. The van der Waals surface area contributed by atoms with Gasteiger partial charge in [0.2, 0.25) is 0 Å². The molecule has 1 unspecified atom stereocenters. The number of aromatic nitrogens is 2. The fraction of sp³-hybridized carbons (Fsp3) is 0.400. The molecule has 1 aromatic heterocycles. The van der Waals surface area contributed by atoms with Crippen molar-refractivity contribution in [2.45, 2.75) is 25.7 Å². The monoisotopic (exact) mass is 321 g/mol. The first-order valence-electron chi connectivity index (χ1n) is 6.52. The highest BCUT2D eigenvalue weighted by Crippen LogP contribution is 2.27. The molecule has 0 amide bonds. The topological polar surface area (TPSA) is 43.8 Å². The molecule has 2 aromatic rings. The predicted octanol–water partition coefficient (Wildman–Crippen LogP) is 3.40. The summed E-state index contributed by atoms with van der Waals surface area (Å²) >= 11 is 3.46. The van der Waals surface area contributed by atoms with E-state index in [9.17, 15) is 0 Å². The molecule has 2 rings (SSSR count). The molecule has 0 radical (unpaired) electrons. The lowest BCUT2D eigenvalue weighted by Gasteiger charge is -2.15. The highest BCUT2D eigenvalue weighted by atomic mass is 79.9. The summed E-state index contributed by atoms with van der Waals surface area (Å²) in [6, 6.07) is 10.5. The van der Waals surface area contributed by atoms with E-state index in [4.69, 9.17) is 5.73 Å². The van der Waals surface area contributed by atoms with Crippen molar-refractivity contribution in [2.24, 2.45) is 12.8 Å². The molecular weight excluding hydrogens is 302 g/mol. The Morgan fingerprint density at radius 2 is 1.89 bits per heavy atom. The van der Waals surface area contributed by atoms with E-state index in [0.717, 1.165) is 10.2 Å². The molecule has 0 fully saturated rings. The lowest BCUT2D eigenvalue weighted by molar-refractivity contribution is 0.649. The van der Waals surface area contributed by atoms with Gasteiger partial charge in [-0.25, -0.2) is 0 Å². The second-order valence-corrected chi connectivity index (χ2v) is 6.03. The molecular formula is C15H20BrN3. The first-order chi connectivity index (χ1) is 9.02. The number of hydrogen-bond acceptors (Lipinski definition) is 2. The lowest BCUT2D eigenvalue weighted by Crippen LogP contribution is -2.16. The van der Waals surface area contributed by atoms with Gasteiger partial charge in [-0.05, 0) is 29.7 Å². The summed E-state index contributed by atoms with van der Waals surface area (Å²) in [6.45, 7) is 4.89. The van der Waals surface area contributed by atoms with E-state index >= 15 is 0 Å². The third-order valence-electron chi connectivity index (χ3n) is 3.39. The number of aryl methyl sites for hydroxylation is 1. The van der Waals surface area contributed by atoms with E-state index in [1.165, 1.54) is 11.3 Å². The van der Waals surface area contributed by atoms with Gasteiger partial charge in [-0.1, -0.05) is 41.9 Å². The maximum absolute atomic E-state index is 5.98. The number of halogens is 1. The van der Waals surface area contributed by atoms with Crippen LogP contribution in [0.15, 0.2) is 34.8 Å². The van der Waals surface area contributed by atoms with E-state index in [-0.39, 0.29) is 5.92 Å². The normalized spacial score (nSPS) is 12.9. The number of rotatable bonds is 4. The third kappa shape index (κ3) is 3.07. The largest absolute Gasteiger partial charge is 0.329 e. The van der Waals surface area contributed by atoms with E-state index in [2.05, 4.69) is 65.2 Å². The van der Waals surface area contributed by atoms with Crippen LogP contribution in [0.2, 0.25) is 0 Å². The Balaban J connectivity index is 2.39. The third-order valence-corrected chi connectivity index (χ3v) is 3.92. The zero-order valence-electron chi connectivity index (χ0n) is 11.6. The molecule has 4 heteroatoms. The average Bonchev–Trinajstić information content (AvgIpc) is 2.75. The van der Waals surface area contributed by atoms with Crippen LogP contribution in [0, 0.1) is 0 Å². The highest BCUT2D eigenvalue weighted by Gasteiger charge is 2.18. The van der Waals surface area contributed by atoms with Crippen molar-refractivity contribution >= 4 is 15.9 Å². The summed E-state index contributed by atoms with van der Waals surface area (Å²) in [6.07, 6.45) is 0. The minimum absolute atomic E-state index is 0.193. The van der Waals surface area contributed by atoms with Gasteiger partial charge >= 0.3 is 0 Å². The molecule has 0 aliphatic rings. The summed E-state index contributed by atoms with van der Waals surface area (Å²) in [5, 5.41) is 4.57. The maximum Gasteiger partial charge on any atom is 0.0653 e. The lowest BCUT2D eigenvalue weighted by atomic mass is 9.95. The number of benzene rings is 1. The van der Waals surface area contributed by atoms with Gasteiger partial charge in [0.25, 0.3) is 0 Å². The molecule has 102 valence electrons. The quantitative estimate of drug-likeness (QED) is 0.937. The van der Waals surface area contributed by atoms with Gasteiger partial charge in [0, 0.05) is 29.7 Å². The second-order valence-electron chi connectivity index (χ2n) is 5.11. The molecule has 0 saturated carbocycles. The van der Waals surface area contributed by atoms with E-state index in [1.54, 1.807) is 0 Å². The van der Waals surface area contributed by atoms with Crippen molar-refractivity contribution in [1.82, 2.24) is 9.78 Å². The molecule has 19 heavy (non-hydrogen) atoms. The summed E-state index contributed by atoms with van der Waals surface area (Å²) in [4.78, 5) is 0. The fourth-order valence-electron chi connectivity index (χ4n) is 2.24. The van der Waals surface area contributed by atoms with Crippen LogP contribution in [0.5, 0.6) is 0 Å². The van der Waals surface area contributed by atoms with Gasteiger partial charge in [0.05, 0.1) is 5.69 Å². The molecule has 1 aromatic carbocycles. The van der Waals surface area contributed by atoms with Crippen molar-refractivity contribution in [2.75, 3.05) is 6.54 Å². The van der Waals surface area contributed by atoms with Crippen LogP contribution >= 0.6 is 15.9 Å². The molecule has 2 N–H and O–H groups in total. The Bertz CT molecular complexity index is 543. The Morgan fingerprint density at radius 1 is 1.26 bits per heavy atom. The number of hydrogen-bond donors (Lipinski definition) is 1. The summed E-state index contributed by atoms with van der Waals surface area (Å²) < 4.78 is 3.04. The average molecular weight is 322 g/mol. The van der Waals surface area contributed by atoms with E-state index in [1.807, 2.05) is 11.7 Å². The zero-order chi connectivity index (χ0) is 14.0.